The van der Waals surface area contributed by atoms with Gasteiger partial charge in [-0.2, -0.15) is 0 Å². The molecule has 0 saturated heterocycles. The number of carbonyl (C=O) groups is 3. The van der Waals surface area contributed by atoms with Crippen LogP contribution in [0.4, 0.5) is 11.4 Å². The molecule has 1 aromatic carbocycles. The fourth-order valence-corrected chi connectivity index (χ4v) is 1.68. The average molecular weight is 308 g/mol. The zero-order chi connectivity index (χ0) is 16.9. The molecule has 1 rings (SSSR count). The quantitative estimate of drug-likeness (QED) is 0.363. The molecule has 0 heterocycles. The minimum atomic E-state index is -1.57. The van der Waals surface area contributed by atoms with Crippen LogP contribution in [0.25, 0.3) is 6.08 Å². The van der Waals surface area contributed by atoms with Crippen molar-refractivity contribution in [1.82, 2.24) is 0 Å². The molecule has 9 nitrogen and oxygen atoms in total. The fourth-order valence-electron chi connectivity index (χ4n) is 1.68. The Morgan fingerprint density at radius 1 is 1.36 bits per heavy atom. The first-order valence-corrected chi connectivity index (χ1v) is 5.86. The first kappa shape index (κ1) is 16.8. The third-order valence-electron chi connectivity index (χ3n) is 2.52. The van der Waals surface area contributed by atoms with Crippen molar-refractivity contribution in [3.05, 3.63) is 39.4 Å². The molecule has 116 valence electrons. The molecular weight excluding hydrogens is 296 g/mol. The Morgan fingerprint density at radius 2 is 2.00 bits per heavy atom. The highest BCUT2D eigenvalue weighted by atomic mass is 16.6. The number of nitro benzene ring substituents is 1. The van der Waals surface area contributed by atoms with Crippen molar-refractivity contribution >= 4 is 35.3 Å². The number of rotatable bonds is 5. The molecule has 0 aliphatic heterocycles. The van der Waals surface area contributed by atoms with Gasteiger partial charge >= 0.3 is 17.6 Å². The van der Waals surface area contributed by atoms with Gasteiger partial charge in [-0.3, -0.25) is 14.9 Å². The topological polar surface area (TPSA) is 136 Å². The van der Waals surface area contributed by atoms with E-state index in [2.05, 4.69) is 10.1 Å². The molecule has 0 radical (unpaired) electrons. The van der Waals surface area contributed by atoms with E-state index in [4.69, 9.17) is 0 Å². The Morgan fingerprint density at radius 3 is 2.45 bits per heavy atom. The molecule has 1 aromatic rings. The molecule has 0 aliphatic rings. The van der Waals surface area contributed by atoms with E-state index in [0.717, 1.165) is 26.2 Å². The van der Waals surface area contributed by atoms with Gasteiger partial charge in [-0.25, -0.2) is 9.59 Å². The molecule has 0 bridgehead atoms. The average Bonchev–Trinajstić information content (AvgIpc) is 2.43. The number of methoxy groups -OCH3 is 1. The number of benzene rings is 1. The van der Waals surface area contributed by atoms with Crippen molar-refractivity contribution in [3.8, 4) is 0 Å². The molecule has 0 aliphatic carbocycles. The maximum Gasteiger partial charge on any atom is 0.343 e. The summed E-state index contributed by atoms with van der Waals surface area (Å²) >= 11 is 0. The third-order valence-corrected chi connectivity index (χ3v) is 2.52. The van der Waals surface area contributed by atoms with Crippen LogP contribution in [0, 0.1) is 10.1 Å². The lowest BCUT2D eigenvalue weighted by Crippen LogP contribution is -2.12. The van der Waals surface area contributed by atoms with Gasteiger partial charge in [-0.1, -0.05) is 6.07 Å². The summed E-state index contributed by atoms with van der Waals surface area (Å²) in [6, 6.07) is 2.42. The van der Waals surface area contributed by atoms with Crippen LogP contribution in [0.5, 0.6) is 0 Å². The van der Waals surface area contributed by atoms with E-state index in [1.807, 2.05) is 0 Å². The smallest absolute Gasteiger partial charge is 0.343 e. The van der Waals surface area contributed by atoms with Crippen molar-refractivity contribution < 1.29 is 29.2 Å². The summed E-state index contributed by atoms with van der Waals surface area (Å²) in [5.41, 5.74) is -1.73. The van der Waals surface area contributed by atoms with E-state index < -0.39 is 34.0 Å². The van der Waals surface area contributed by atoms with E-state index in [9.17, 15) is 29.6 Å². The Hall–Kier alpha value is -3.23. The van der Waals surface area contributed by atoms with Crippen LogP contribution >= 0.6 is 0 Å². The highest BCUT2D eigenvalue weighted by Gasteiger charge is 2.27. The first-order valence-electron chi connectivity index (χ1n) is 5.86. The third kappa shape index (κ3) is 3.88. The highest BCUT2D eigenvalue weighted by molar-refractivity contribution is 6.03. The number of carbonyl (C=O) groups excluding carboxylic acids is 2. The zero-order valence-electron chi connectivity index (χ0n) is 11.7. The summed E-state index contributed by atoms with van der Waals surface area (Å²) < 4.78 is 4.36. The summed E-state index contributed by atoms with van der Waals surface area (Å²) in [6.07, 6.45) is 2.02. The van der Waals surface area contributed by atoms with Crippen LogP contribution in [-0.2, 0) is 14.3 Å². The van der Waals surface area contributed by atoms with Crippen LogP contribution in [0.1, 0.15) is 22.8 Å². The maximum atomic E-state index is 11.3. The standard InChI is InChI=1S/C13H12N2O7/c1-7(16)14-9-5-3-8(4-6-10(17)22-2)11(13(18)19)12(9)15(20)21/h3-6H,1-2H3,(H,14,16)(H,18,19)/b6-4+. The minimum absolute atomic E-state index is 0.0706. The second kappa shape index (κ2) is 6.97. The second-order valence-corrected chi connectivity index (χ2v) is 4.03. The SMILES string of the molecule is COC(=O)/C=C/c1ccc(NC(C)=O)c([N+](=O)[O-])c1C(=O)O. The number of carboxylic acids is 1. The molecule has 0 fully saturated rings. The van der Waals surface area contributed by atoms with E-state index in [1.54, 1.807) is 0 Å². The van der Waals surface area contributed by atoms with Crippen molar-refractivity contribution in [3.63, 3.8) is 0 Å². The Kier molecular flexibility index (Phi) is 5.33. The van der Waals surface area contributed by atoms with Gasteiger partial charge in [0.1, 0.15) is 11.3 Å². The normalized spacial score (nSPS) is 10.3. The predicted molar refractivity (Wildman–Crippen MR) is 75.4 cm³/mol. The molecule has 0 aromatic heterocycles. The number of hydrogen-bond acceptors (Lipinski definition) is 6. The van der Waals surface area contributed by atoms with Gasteiger partial charge in [0.15, 0.2) is 0 Å². The number of nitrogens with one attached hydrogen (secondary N) is 1. The van der Waals surface area contributed by atoms with Crippen molar-refractivity contribution in [2.45, 2.75) is 6.92 Å². The summed E-state index contributed by atoms with van der Waals surface area (Å²) in [4.78, 5) is 43.7. The highest BCUT2D eigenvalue weighted by Crippen LogP contribution is 2.32. The fraction of sp³-hybridized carbons (Fsp3) is 0.154. The van der Waals surface area contributed by atoms with Crippen LogP contribution in [0.2, 0.25) is 0 Å². The molecule has 0 unspecified atom stereocenters. The molecular formula is C13H12N2O7. The Bertz CT molecular complexity index is 679. The second-order valence-electron chi connectivity index (χ2n) is 4.03. The van der Waals surface area contributed by atoms with Gasteiger partial charge in [0.25, 0.3) is 0 Å². The van der Waals surface area contributed by atoms with Gasteiger partial charge < -0.3 is 15.2 Å². The lowest BCUT2D eigenvalue weighted by molar-refractivity contribution is -0.384. The van der Waals surface area contributed by atoms with Crippen molar-refractivity contribution in [2.24, 2.45) is 0 Å². The molecule has 0 atom stereocenters. The van der Waals surface area contributed by atoms with Gasteiger partial charge in [-0.15, -0.1) is 0 Å². The predicted octanol–water partition coefficient (Wildman–Crippen LogP) is 1.44. The molecule has 9 heteroatoms. The Labute approximate surface area is 124 Å². The van der Waals surface area contributed by atoms with Gasteiger partial charge in [0.05, 0.1) is 12.0 Å². The summed E-state index contributed by atoms with van der Waals surface area (Å²) in [5.74, 6) is -2.90. The number of aromatic carboxylic acids is 1. The summed E-state index contributed by atoms with van der Waals surface area (Å²) in [5, 5.41) is 22.6. The summed E-state index contributed by atoms with van der Waals surface area (Å²) in [7, 11) is 1.13. The van der Waals surface area contributed by atoms with E-state index in [-0.39, 0.29) is 11.3 Å². The number of ether oxygens (including phenoxy) is 1. The van der Waals surface area contributed by atoms with Crippen LogP contribution in [0.3, 0.4) is 0 Å². The Balaban J connectivity index is 3.54. The summed E-state index contributed by atoms with van der Waals surface area (Å²) in [6.45, 7) is 1.13. The van der Waals surface area contributed by atoms with Gasteiger partial charge in [0.2, 0.25) is 5.91 Å². The number of anilines is 1. The number of hydrogen-bond donors (Lipinski definition) is 2. The van der Waals surface area contributed by atoms with E-state index in [0.29, 0.717) is 0 Å². The molecule has 22 heavy (non-hydrogen) atoms. The van der Waals surface area contributed by atoms with Gasteiger partial charge in [-0.05, 0) is 17.7 Å². The van der Waals surface area contributed by atoms with Crippen molar-refractivity contribution in [2.75, 3.05) is 12.4 Å². The van der Waals surface area contributed by atoms with Gasteiger partial charge in [0, 0.05) is 13.0 Å². The lowest BCUT2D eigenvalue weighted by Gasteiger charge is -2.08. The molecule has 0 saturated carbocycles. The maximum absolute atomic E-state index is 11.3. The van der Waals surface area contributed by atoms with E-state index in [1.165, 1.54) is 12.1 Å². The number of nitro groups is 1. The minimum Gasteiger partial charge on any atom is -0.477 e. The van der Waals surface area contributed by atoms with Crippen molar-refractivity contribution in [1.29, 1.82) is 0 Å². The van der Waals surface area contributed by atoms with Crippen LogP contribution < -0.4 is 5.32 Å². The molecule has 0 spiro atoms. The first-order chi connectivity index (χ1) is 10.3. The number of amides is 1. The molecule has 2 N–H and O–H groups in total. The lowest BCUT2D eigenvalue weighted by atomic mass is 10.0. The monoisotopic (exact) mass is 308 g/mol. The largest absolute Gasteiger partial charge is 0.477 e. The number of esters is 1. The van der Waals surface area contributed by atoms with E-state index >= 15 is 0 Å². The number of nitrogens with zero attached hydrogens (tertiary/aromatic N) is 1. The van der Waals surface area contributed by atoms with Crippen LogP contribution in [0.15, 0.2) is 18.2 Å². The number of carboxylic acid groups (broad SMARTS) is 1. The van der Waals surface area contributed by atoms with Crippen LogP contribution in [-0.4, -0.2) is 35.0 Å². The molecule has 1 amide bonds. The zero-order valence-corrected chi connectivity index (χ0v) is 11.7.